The SMILES string of the molecule is CC1(C)C2CCC(CCO)C1C2. The molecule has 70 valence electrons. The Labute approximate surface area is 75.2 Å². The number of hydrogen-bond donors (Lipinski definition) is 1. The zero-order valence-corrected chi connectivity index (χ0v) is 8.21. The van der Waals surface area contributed by atoms with Gasteiger partial charge in [-0.1, -0.05) is 13.8 Å². The standard InChI is InChI=1S/C11H20O/c1-11(2)9-4-3-8(5-6-12)10(11)7-9/h8-10,12H,3-7H2,1-2H3. The minimum atomic E-state index is 0.391. The summed E-state index contributed by atoms with van der Waals surface area (Å²) in [6, 6.07) is 0. The average Bonchev–Trinajstić information content (AvgIpc) is 2.05. The van der Waals surface area contributed by atoms with Gasteiger partial charge in [0.1, 0.15) is 0 Å². The molecule has 0 spiro atoms. The smallest absolute Gasteiger partial charge is 0.0433 e. The molecule has 3 fully saturated rings. The fourth-order valence-corrected chi connectivity index (χ4v) is 3.47. The molecular formula is C11H20O. The van der Waals surface area contributed by atoms with E-state index in [1.807, 2.05) is 0 Å². The molecule has 3 aliphatic rings. The molecule has 0 aliphatic heterocycles. The molecule has 3 atom stereocenters. The topological polar surface area (TPSA) is 20.2 Å². The van der Waals surface area contributed by atoms with Crippen LogP contribution < -0.4 is 0 Å². The Hall–Kier alpha value is -0.0400. The summed E-state index contributed by atoms with van der Waals surface area (Å²) in [7, 11) is 0. The third-order valence-electron chi connectivity index (χ3n) is 4.50. The molecule has 12 heavy (non-hydrogen) atoms. The van der Waals surface area contributed by atoms with Gasteiger partial charge >= 0.3 is 0 Å². The van der Waals surface area contributed by atoms with E-state index in [0.29, 0.717) is 12.0 Å². The molecule has 1 N–H and O–H groups in total. The fraction of sp³-hybridized carbons (Fsp3) is 1.00. The van der Waals surface area contributed by atoms with Crippen LogP contribution in [0.4, 0.5) is 0 Å². The van der Waals surface area contributed by atoms with Gasteiger partial charge in [0, 0.05) is 6.61 Å². The van der Waals surface area contributed by atoms with E-state index in [-0.39, 0.29) is 0 Å². The Morgan fingerprint density at radius 1 is 1.33 bits per heavy atom. The van der Waals surface area contributed by atoms with Gasteiger partial charge in [-0.3, -0.25) is 0 Å². The number of rotatable bonds is 2. The van der Waals surface area contributed by atoms with Crippen LogP contribution in [0, 0.1) is 23.2 Å². The lowest BCUT2D eigenvalue weighted by Gasteiger charge is -2.60. The summed E-state index contributed by atoms with van der Waals surface area (Å²) in [5.41, 5.74) is 0.595. The van der Waals surface area contributed by atoms with E-state index in [0.717, 1.165) is 24.2 Å². The lowest BCUT2D eigenvalue weighted by Crippen LogP contribution is -2.52. The molecule has 0 amide bonds. The fourth-order valence-electron chi connectivity index (χ4n) is 3.47. The molecule has 0 saturated heterocycles. The van der Waals surface area contributed by atoms with Crippen molar-refractivity contribution in [2.45, 2.75) is 39.5 Å². The maximum Gasteiger partial charge on any atom is 0.0433 e. The van der Waals surface area contributed by atoms with Crippen molar-refractivity contribution in [2.24, 2.45) is 23.2 Å². The normalized spacial score (nSPS) is 43.8. The lowest BCUT2D eigenvalue weighted by atomic mass is 9.45. The van der Waals surface area contributed by atoms with E-state index in [1.165, 1.54) is 19.3 Å². The number of fused-ring (bicyclic) bond motifs is 2. The third-order valence-corrected chi connectivity index (χ3v) is 4.50. The molecule has 0 heterocycles. The first-order valence-electron chi connectivity index (χ1n) is 5.27. The predicted octanol–water partition coefficient (Wildman–Crippen LogP) is 2.44. The predicted molar refractivity (Wildman–Crippen MR) is 49.8 cm³/mol. The van der Waals surface area contributed by atoms with Crippen LogP contribution in [-0.2, 0) is 0 Å². The van der Waals surface area contributed by atoms with E-state index in [2.05, 4.69) is 13.8 Å². The minimum absolute atomic E-state index is 0.391. The van der Waals surface area contributed by atoms with Gasteiger partial charge in [-0.25, -0.2) is 0 Å². The van der Waals surface area contributed by atoms with Gasteiger partial charge in [0.15, 0.2) is 0 Å². The molecular weight excluding hydrogens is 148 g/mol. The summed E-state index contributed by atoms with van der Waals surface area (Å²) in [5, 5.41) is 8.92. The summed E-state index contributed by atoms with van der Waals surface area (Å²) in [6.07, 6.45) is 5.27. The van der Waals surface area contributed by atoms with Gasteiger partial charge in [-0.2, -0.15) is 0 Å². The zero-order valence-electron chi connectivity index (χ0n) is 8.21. The van der Waals surface area contributed by atoms with Crippen molar-refractivity contribution in [2.75, 3.05) is 6.61 Å². The summed E-state index contributed by atoms with van der Waals surface area (Å²) < 4.78 is 0. The first kappa shape index (κ1) is 8.55. The third kappa shape index (κ3) is 1.02. The van der Waals surface area contributed by atoms with Crippen molar-refractivity contribution >= 4 is 0 Å². The highest BCUT2D eigenvalue weighted by Gasteiger charge is 2.53. The van der Waals surface area contributed by atoms with E-state index >= 15 is 0 Å². The highest BCUT2D eigenvalue weighted by Crippen LogP contribution is 2.61. The van der Waals surface area contributed by atoms with Gasteiger partial charge in [0.2, 0.25) is 0 Å². The molecule has 3 saturated carbocycles. The van der Waals surface area contributed by atoms with Crippen LogP contribution >= 0.6 is 0 Å². The second kappa shape index (κ2) is 2.73. The van der Waals surface area contributed by atoms with Gasteiger partial charge in [-0.05, 0) is 48.9 Å². The van der Waals surface area contributed by atoms with Crippen LogP contribution in [0.3, 0.4) is 0 Å². The van der Waals surface area contributed by atoms with Crippen LogP contribution in [0.15, 0.2) is 0 Å². The number of hydrogen-bond acceptors (Lipinski definition) is 1. The Morgan fingerprint density at radius 2 is 2.08 bits per heavy atom. The molecule has 3 rings (SSSR count). The minimum Gasteiger partial charge on any atom is -0.396 e. The monoisotopic (exact) mass is 168 g/mol. The molecule has 0 aromatic rings. The summed E-state index contributed by atoms with van der Waals surface area (Å²) in [5.74, 6) is 2.75. The molecule has 2 bridgehead atoms. The molecule has 3 aliphatic carbocycles. The van der Waals surface area contributed by atoms with Crippen molar-refractivity contribution in [3.8, 4) is 0 Å². The van der Waals surface area contributed by atoms with Crippen LogP contribution in [0.2, 0.25) is 0 Å². The van der Waals surface area contributed by atoms with Crippen molar-refractivity contribution < 1.29 is 5.11 Å². The molecule has 3 unspecified atom stereocenters. The van der Waals surface area contributed by atoms with Crippen molar-refractivity contribution in [1.29, 1.82) is 0 Å². The highest BCUT2D eigenvalue weighted by atomic mass is 16.3. The van der Waals surface area contributed by atoms with Gasteiger partial charge < -0.3 is 5.11 Å². The number of aliphatic hydroxyl groups is 1. The second-order valence-corrected chi connectivity index (χ2v) is 5.21. The van der Waals surface area contributed by atoms with Crippen LogP contribution in [-0.4, -0.2) is 11.7 Å². The maximum absolute atomic E-state index is 8.92. The van der Waals surface area contributed by atoms with E-state index in [4.69, 9.17) is 5.11 Å². The van der Waals surface area contributed by atoms with E-state index in [1.54, 1.807) is 0 Å². The van der Waals surface area contributed by atoms with E-state index < -0.39 is 0 Å². The molecule has 1 nitrogen and oxygen atoms in total. The summed E-state index contributed by atoms with van der Waals surface area (Å²) in [4.78, 5) is 0. The van der Waals surface area contributed by atoms with Crippen LogP contribution in [0.1, 0.15) is 39.5 Å². The summed E-state index contributed by atoms with van der Waals surface area (Å²) >= 11 is 0. The zero-order chi connectivity index (χ0) is 8.77. The van der Waals surface area contributed by atoms with Crippen molar-refractivity contribution in [3.63, 3.8) is 0 Å². The van der Waals surface area contributed by atoms with Crippen molar-refractivity contribution in [3.05, 3.63) is 0 Å². The molecule has 0 radical (unpaired) electrons. The highest BCUT2D eigenvalue weighted by molar-refractivity contribution is 5.02. The Balaban J connectivity index is 2.01. The average molecular weight is 168 g/mol. The van der Waals surface area contributed by atoms with Gasteiger partial charge in [0.25, 0.3) is 0 Å². The largest absolute Gasteiger partial charge is 0.396 e. The van der Waals surface area contributed by atoms with Crippen LogP contribution in [0.25, 0.3) is 0 Å². The Morgan fingerprint density at radius 3 is 2.58 bits per heavy atom. The first-order chi connectivity index (χ1) is 5.66. The van der Waals surface area contributed by atoms with Gasteiger partial charge in [0.05, 0.1) is 0 Å². The van der Waals surface area contributed by atoms with Crippen molar-refractivity contribution in [1.82, 2.24) is 0 Å². The van der Waals surface area contributed by atoms with E-state index in [9.17, 15) is 0 Å². The summed E-state index contributed by atoms with van der Waals surface area (Å²) in [6.45, 7) is 5.21. The lowest BCUT2D eigenvalue weighted by molar-refractivity contribution is -0.109. The van der Waals surface area contributed by atoms with Gasteiger partial charge in [-0.15, -0.1) is 0 Å². The second-order valence-electron chi connectivity index (χ2n) is 5.21. The quantitative estimate of drug-likeness (QED) is 0.671. The Kier molecular flexibility index (Phi) is 1.95. The molecule has 0 aromatic carbocycles. The maximum atomic E-state index is 8.92. The Bertz CT molecular complexity index is 170. The molecule has 1 heteroatoms. The van der Waals surface area contributed by atoms with Crippen LogP contribution in [0.5, 0.6) is 0 Å². The first-order valence-corrected chi connectivity index (χ1v) is 5.27. The number of aliphatic hydroxyl groups excluding tert-OH is 1. The molecule has 0 aromatic heterocycles.